The fourth-order valence-corrected chi connectivity index (χ4v) is 5.89. The number of hydrogen-bond donors (Lipinski definition) is 0. The summed E-state index contributed by atoms with van der Waals surface area (Å²) in [5.41, 5.74) is 4.78. The molecule has 0 heterocycles. The maximum Gasteiger partial charge on any atom is -0.0206 e. The zero-order valence-corrected chi connectivity index (χ0v) is 28.5. The molecule has 0 rings (SSSR count). The molecule has 0 spiro atoms. The van der Waals surface area contributed by atoms with Gasteiger partial charge in [-0.05, 0) is 141 Å². The third kappa shape index (κ3) is 24.7. The normalized spacial score (nSPS) is 14.0. The summed E-state index contributed by atoms with van der Waals surface area (Å²) in [4.78, 5) is 0. The average molecular weight is 565 g/mol. The largest absolute Gasteiger partial charge is 0.103 e. The van der Waals surface area contributed by atoms with Crippen LogP contribution < -0.4 is 0 Å². The van der Waals surface area contributed by atoms with Crippen molar-refractivity contribution in [2.45, 2.75) is 175 Å². The molecule has 0 nitrogen and oxygen atoms in total. The fourth-order valence-electron chi connectivity index (χ4n) is 5.89. The molecular weight excluding hydrogens is 492 g/mol. The van der Waals surface area contributed by atoms with Crippen molar-refractivity contribution in [3.05, 3.63) is 72.9 Å². The Hall–Kier alpha value is -1.56. The molecule has 2 unspecified atom stereocenters. The molecule has 0 aromatic carbocycles. The topological polar surface area (TPSA) is 0 Å². The molecule has 0 N–H and O–H groups in total. The van der Waals surface area contributed by atoms with Gasteiger partial charge in [-0.3, -0.25) is 0 Å². The molecule has 0 aromatic heterocycles. The van der Waals surface area contributed by atoms with E-state index >= 15 is 0 Å². The lowest BCUT2D eigenvalue weighted by Crippen LogP contribution is -2.05. The average Bonchev–Trinajstić information content (AvgIpc) is 2.97. The van der Waals surface area contributed by atoms with Crippen LogP contribution in [0, 0.1) is 11.8 Å². The minimum atomic E-state index is 0.747. The molecular formula is C41H72. The van der Waals surface area contributed by atoms with E-state index in [1.807, 2.05) is 12.2 Å². The van der Waals surface area contributed by atoms with Crippen LogP contribution in [0.25, 0.3) is 0 Å². The van der Waals surface area contributed by atoms with E-state index in [-0.39, 0.29) is 0 Å². The molecule has 0 saturated heterocycles. The second-order valence-corrected chi connectivity index (χ2v) is 12.6. The predicted octanol–water partition coefficient (Wildman–Crippen LogP) is 14.6. The lowest BCUT2D eigenvalue weighted by molar-refractivity contribution is 0.486. The van der Waals surface area contributed by atoms with Crippen LogP contribution in [0.2, 0.25) is 0 Å². The highest BCUT2D eigenvalue weighted by Gasteiger charge is 2.13. The van der Waals surface area contributed by atoms with Crippen molar-refractivity contribution < 1.29 is 0 Å². The standard InChI is InChI=1S/C41H72/c1-8-13-15-17-18-19-21-23-31-39(11-4)32-25-27-34-41(36-35-38(7)29-22-20-16-14-9-2)40(12-5)33-26-24-30-37(6)28-10-3/h8-9,23,29,31,34,39-40H,1-2,6,10-22,24-28,30,32-33,35-36H2,3-5,7H3. The summed E-state index contributed by atoms with van der Waals surface area (Å²) in [6.45, 7) is 21.4. The maximum atomic E-state index is 4.29. The van der Waals surface area contributed by atoms with Crippen molar-refractivity contribution in [3.63, 3.8) is 0 Å². The van der Waals surface area contributed by atoms with Gasteiger partial charge in [-0.1, -0.05) is 106 Å². The van der Waals surface area contributed by atoms with Crippen molar-refractivity contribution in [3.8, 4) is 0 Å². The van der Waals surface area contributed by atoms with Gasteiger partial charge in [-0.15, -0.1) is 13.2 Å². The van der Waals surface area contributed by atoms with Gasteiger partial charge in [0, 0.05) is 0 Å². The molecule has 236 valence electrons. The monoisotopic (exact) mass is 565 g/mol. The molecule has 0 aromatic rings. The van der Waals surface area contributed by atoms with Gasteiger partial charge in [0.25, 0.3) is 0 Å². The van der Waals surface area contributed by atoms with Gasteiger partial charge in [0.15, 0.2) is 0 Å². The molecule has 0 saturated carbocycles. The van der Waals surface area contributed by atoms with Gasteiger partial charge in [0.2, 0.25) is 0 Å². The van der Waals surface area contributed by atoms with Gasteiger partial charge in [-0.2, -0.15) is 0 Å². The Morgan fingerprint density at radius 1 is 0.610 bits per heavy atom. The van der Waals surface area contributed by atoms with E-state index in [2.05, 4.69) is 71.7 Å². The summed E-state index contributed by atoms with van der Waals surface area (Å²) in [5, 5.41) is 0. The van der Waals surface area contributed by atoms with Crippen LogP contribution in [0.1, 0.15) is 175 Å². The van der Waals surface area contributed by atoms with Gasteiger partial charge in [-0.25, -0.2) is 0 Å². The van der Waals surface area contributed by atoms with E-state index < -0.39 is 0 Å². The van der Waals surface area contributed by atoms with Gasteiger partial charge in [0.1, 0.15) is 0 Å². The fraction of sp³-hybridized carbons (Fsp3) is 0.707. The first-order valence-electron chi connectivity index (χ1n) is 17.9. The molecule has 0 radical (unpaired) electrons. The second-order valence-electron chi connectivity index (χ2n) is 12.6. The van der Waals surface area contributed by atoms with Crippen LogP contribution in [-0.4, -0.2) is 0 Å². The number of allylic oxidation sites excluding steroid dienone is 9. The molecule has 0 aliphatic carbocycles. The minimum Gasteiger partial charge on any atom is -0.103 e. The van der Waals surface area contributed by atoms with Crippen molar-refractivity contribution in [2.75, 3.05) is 0 Å². The molecule has 0 aliphatic rings. The molecule has 0 fully saturated rings. The smallest absolute Gasteiger partial charge is 0.0206 e. The molecule has 41 heavy (non-hydrogen) atoms. The summed E-state index contributed by atoms with van der Waals surface area (Å²) >= 11 is 0. The molecule has 2 atom stereocenters. The van der Waals surface area contributed by atoms with Crippen molar-refractivity contribution in [2.24, 2.45) is 11.8 Å². The quantitative estimate of drug-likeness (QED) is 0.0601. The van der Waals surface area contributed by atoms with E-state index in [1.54, 1.807) is 11.1 Å². The molecule has 0 bridgehead atoms. The first-order valence-corrected chi connectivity index (χ1v) is 17.9. The van der Waals surface area contributed by atoms with E-state index in [4.69, 9.17) is 0 Å². The number of hydrogen-bond acceptors (Lipinski definition) is 0. The Morgan fingerprint density at radius 3 is 1.93 bits per heavy atom. The van der Waals surface area contributed by atoms with Gasteiger partial charge in [0.05, 0.1) is 0 Å². The predicted molar refractivity (Wildman–Crippen MR) is 191 cm³/mol. The summed E-state index contributed by atoms with van der Waals surface area (Å²) in [7, 11) is 0. The second kappa shape index (κ2) is 29.9. The summed E-state index contributed by atoms with van der Waals surface area (Å²) < 4.78 is 0. The number of unbranched alkanes of at least 4 members (excludes halogenated alkanes) is 10. The van der Waals surface area contributed by atoms with E-state index in [0.29, 0.717) is 0 Å². The Kier molecular flexibility index (Phi) is 28.8. The van der Waals surface area contributed by atoms with Crippen LogP contribution in [0.15, 0.2) is 72.9 Å². The number of rotatable bonds is 30. The summed E-state index contributed by atoms with van der Waals surface area (Å²) in [5.74, 6) is 1.50. The Morgan fingerprint density at radius 2 is 1.27 bits per heavy atom. The van der Waals surface area contributed by atoms with Crippen LogP contribution in [0.5, 0.6) is 0 Å². The zero-order valence-electron chi connectivity index (χ0n) is 28.5. The van der Waals surface area contributed by atoms with Crippen LogP contribution >= 0.6 is 0 Å². The van der Waals surface area contributed by atoms with Crippen molar-refractivity contribution in [1.29, 1.82) is 0 Å². The van der Waals surface area contributed by atoms with Gasteiger partial charge >= 0.3 is 0 Å². The highest BCUT2D eigenvalue weighted by molar-refractivity contribution is 5.11. The third-order valence-electron chi connectivity index (χ3n) is 8.76. The van der Waals surface area contributed by atoms with Gasteiger partial charge < -0.3 is 0 Å². The van der Waals surface area contributed by atoms with Crippen LogP contribution in [0.4, 0.5) is 0 Å². The zero-order chi connectivity index (χ0) is 30.4. The Bertz CT molecular complexity index is 714. The Balaban J connectivity index is 4.89. The van der Waals surface area contributed by atoms with Crippen LogP contribution in [-0.2, 0) is 0 Å². The van der Waals surface area contributed by atoms with Crippen molar-refractivity contribution >= 4 is 0 Å². The first-order chi connectivity index (χ1) is 20.0. The molecule has 0 heteroatoms. The van der Waals surface area contributed by atoms with Crippen molar-refractivity contribution in [1.82, 2.24) is 0 Å². The third-order valence-corrected chi connectivity index (χ3v) is 8.76. The lowest BCUT2D eigenvalue weighted by Gasteiger charge is -2.20. The maximum absolute atomic E-state index is 4.29. The van der Waals surface area contributed by atoms with E-state index in [1.165, 1.54) is 147 Å². The highest BCUT2D eigenvalue weighted by atomic mass is 14.2. The lowest BCUT2D eigenvalue weighted by atomic mass is 9.85. The molecule has 0 aliphatic heterocycles. The first kappa shape index (κ1) is 39.4. The summed E-state index contributed by atoms with van der Waals surface area (Å²) in [6.07, 6.45) is 43.5. The SMILES string of the molecule is C=CCCCCC=C(C)CCC(=CCCCC(C=CCCCCCCC=C)CC)C(CC)CCCCC(=C)CCC. The van der Waals surface area contributed by atoms with E-state index in [0.717, 1.165) is 18.3 Å². The van der Waals surface area contributed by atoms with Crippen LogP contribution in [0.3, 0.4) is 0 Å². The minimum absolute atomic E-state index is 0.747. The Labute approximate surface area is 259 Å². The summed E-state index contributed by atoms with van der Waals surface area (Å²) in [6, 6.07) is 0. The highest BCUT2D eigenvalue weighted by Crippen LogP contribution is 2.29. The molecule has 0 amide bonds. The van der Waals surface area contributed by atoms with E-state index in [9.17, 15) is 0 Å².